The Hall–Kier alpha value is -1.28. The second-order valence-corrected chi connectivity index (χ2v) is 6.88. The quantitative estimate of drug-likeness (QED) is 0.527. The fourth-order valence-corrected chi connectivity index (χ4v) is 2.65. The normalized spacial score (nSPS) is 11.4. The van der Waals surface area contributed by atoms with Gasteiger partial charge in [0.1, 0.15) is 5.75 Å². The first-order chi connectivity index (χ1) is 10.5. The molecule has 0 aliphatic heterocycles. The van der Waals surface area contributed by atoms with E-state index in [9.17, 15) is 0 Å². The molecule has 0 saturated carbocycles. The second-order valence-electron chi connectivity index (χ2n) is 6.88. The van der Waals surface area contributed by atoms with Crippen LogP contribution in [-0.4, -0.2) is 31.1 Å². The number of hydrogen-bond donors (Lipinski definition) is 0. The highest BCUT2D eigenvalue weighted by Gasteiger charge is 2.09. The summed E-state index contributed by atoms with van der Waals surface area (Å²) in [6, 6.07) is 8.10. The minimum Gasteiger partial charge on any atom is -0.494 e. The summed E-state index contributed by atoms with van der Waals surface area (Å²) in [6.07, 6.45) is 4.15. The molecular weight excluding hydrogens is 270 g/mol. The lowest BCUT2D eigenvalue weighted by atomic mass is 10.1. The smallest absolute Gasteiger partial charge is 0.119 e. The fourth-order valence-electron chi connectivity index (χ4n) is 2.65. The van der Waals surface area contributed by atoms with Crippen molar-refractivity contribution in [1.29, 1.82) is 0 Å². The molecule has 0 spiro atoms. The van der Waals surface area contributed by atoms with Gasteiger partial charge in [0.15, 0.2) is 0 Å². The summed E-state index contributed by atoms with van der Waals surface area (Å²) in [7, 11) is 0. The van der Waals surface area contributed by atoms with Crippen LogP contribution in [0.4, 0.5) is 0 Å². The average Bonchev–Trinajstić information content (AvgIpc) is 2.45. The zero-order valence-corrected chi connectivity index (χ0v) is 14.8. The first-order valence-corrected chi connectivity index (χ1v) is 8.59. The molecule has 0 aliphatic carbocycles. The number of rotatable bonds is 11. The number of nitrogens with zero attached hydrogens (tertiary/aromatic N) is 1. The van der Waals surface area contributed by atoms with E-state index in [1.54, 1.807) is 0 Å². The Kier molecular flexibility index (Phi) is 8.91. The van der Waals surface area contributed by atoms with Gasteiger partial charge in [-0.25, -0.2) is 0 Å². The van der Waals surface area contributed by atoms with Crippen LogP contribution in [0.25, 0.3) is 6.08 Å². The number of ether oxygens (including phenoxy) is 1. The Morgan fingerprint density at radius 2 is 1.77 bits per heavy atom. The molecule has 0 bridgehead atoms. The summed E-state index contributed by atoms with van der Waals surface area (Å²) in [5, 5.41) is 0. The SMILES string of the molecule is C=Cc1cccc(OCCCCN(CC(C)C)CC(C)C)c1. The lowest BCUT2D eigenvalue weighted by Gasteiger charge is -2.26. The molecule has 1 aromatic carbocycles. The van der Waals surface area contributed by atoms with Gasteiger partial charge in [0.2, 0.25) is 0 Å². The zero-order chi connectivity index (χ0) is 16.4. The van der Waals surface area contributed by atoms with Crippen molar-refractivity contribution < 1.29 is 4.74 Å². The summed E-state index contributed by atoms with van der Waals surface area (Å²) in [5.41, 5.74) is 1.11. The summed E-state index contributed by atoms with van der Waals surface area (Å²) in [6.45, 7) is 17.3. The van der Waals surface area contributed by atoms with Crippen molar-refractivity contribution in [1.82, 2.24) is 4.90 Å². The number of unbranched alkanes of at least 4 members (excludes halogenated alkanes) is 1. The van der Waals surface area contributed by atoms with Gasteiger partial charge in [-0.05, 0) is 48.9 Å². The van der Waals surface area contributed by atoms with Crippen LogP contribution in [0.15, 0.2) is 30.8 Å². The fraction of sp³-hybridized carbons (Fsp3) is 0.600. The molecule has 0 amide bonds. The average molecular weight is 303 g/mol. The monoisotopic (exact) mass is 303 g/mol. The van der Waals surface area contributed by atoms with E-state index < -0.39 is 0 Å². The Labute approximate surface area is 137 Å². The lowest BCUT2D eigenvalue weighted by Crippen LogP contribution is -2.32. The van der Waals surface area contributed by atoms with Gasteiger partial charge < -0.3 is 9.64 Å². The Morgan fingerprint density at radius 1 is 1.09 bits per heavy atom. The van der Waals surface area contributed by atoms with Crippen molar-refractivity contribution in [3.63, 3.8) is 0 Å². The predicted molar refractivity (Wildman–Crippen MR) is 97.4 cm³/mol. The van der Waals surface area contributed by atoms with E-state index in [0.29, 0.717) is 0 Å². The molecule has 22 heavy (non-hydrogen) atoms. The van der Waals surface area contributed by atoms with Crippen LogP contribution < -0.4 is 4.74 Å². The van der Waals surface area contributed by atoms with Crippen molar-refractivity contribution >= 4 is 6.08 Å². The van der Waals surface area contributed by atoms with Crippen molar-refractivity contribution in [3.05, 3.63) is 36.4 Å². The van der Waals surface area contributed by atoms with Gasteiger partial charge in [0, 0.05) is 13.1 Å². The van der Waals surface area contributed by atoms with E-state index >= 15 is 0 Å². The Balaban J connectivity index is 2.25. The van der Waals surface area contributed by atoms with Crippen molar-refractivity contribution in [2.75, 3.05) is 26.2 Å². The largest absolute Gasteiger partial charge is 0.494 e. The van der Waals surface area contributed by atoms with Crippen LogP contribution in [0, 0.1) is 11.8 Å². The van der Waals surface area contributed by atoms with Crippen molar-refractivity contribution in [3.8, 4) is 5.75 Å². The molecule has 0 aromatic heterocycles. The topological polar surface area (TPSA) is 12.5 Å². The molecule has 0 unspecified atom stereocenters. The zero-order valence-electron chi connectivity index (χ0n) is 14.8. The summed E-state index contributed by atoms with van der Waals surface area (Å²) in [4.78, 5) is 2.59. The maximum Gasteiger partial charge on any atom is 0.119 e. The van der Waals surface area contributed by atoms with E-state index in [1.165, 1.54) is 26.1 Å². The Bertz CT molecular complexity index is 415. The van der Waals surface area contributed by atoms with Gasteiger partial charge in [-0.15, -0.1) is 0 Å². The molecule has 1 rings (SSSR count). The van der Waals surface area contributed by atoms with Crippen LogP contribution in [0.1, 0.15) is 46.1 Å². The molecule has 0 fully saturated rings. The molecule has 0 aliphatic rings. The first-order valence-electron chi connectivity index (χ1n) is 8.59. The molecule has 124 valence electrons. The van der Waals surface area contributed by atoms with Crippen molar-refractivity contribution in [2.24, 2.45) is 11.8 Å². The van der Waals surface area contributed by atoms with Gasteiger partial charge in [0.25, 0.3) is 0 Å². The molecule has 0 radical (unpaired) electrons. The molecule has 2 heteroatoms. The Morgan fingerprint density at radius 3 is 2.36 bits per heavy atom. The van der Waals surface area contributed by atoms with E-state index in [1.807, 2.05) is 30.3 Å². The van der Waals surface area contributed by atoms with Gasteiger partial charge >= 0.3 is 0 Å². The second kappa shape index (κ2) is 10.4. The molecule has 0 saturated heterocycles. The minimum atomic E-state index is 0.733. The van der Waals surface area contributed by atoms with Crippen LogP contribution in [0.3, 0.4) is 0 Å². The van der Waals surface area contributed by atoms with Gasteiger partial charge in [0.05, 0.1) is 6.61 Å². The molecule has 2 nitrogen and oxygen atoms in total. The van der Waals surface area contributed by atoms with Crippen LogP contribution >= 0.6 is 0 Å². The third-order valence-electron chi connectivity index (χ3n) is 3.48. The molecule has 0 atom stereocenters. The van der Waals surface area contributed by atoms with Crippen LogP contribution in [-0.2, 0) is 0 Å². The summed E-state index contributed by atoms with van der Waals surface area (Å²) < 4.78 is 5.83. The van der Waals surface area contributed by atoms with Crippen LogP contribution in [0.2, 0.25) is 0 Å². The highest BCUT2D eigenvalue weighted by atomic mass is 16.5. The molecular formula is C20H33NO. The van der Waals surface area contributed by atoms with E-state index in [2.05, 4.69) is 39.2 Å². The molecule has 0 N–H and O–H groups in total. The highest BCUT2D eigenvalue weighted by molar-refractivity contribution is 5.49. The van der Waals surface area contributed by atoms with Gasteiger partial charge in [-0.1, -0.05) is 52.5 Å². The minimum absolute atomic E-state index is 0.733. The maximum atomic E-state index is 5.83. The third kappa shape index (κ3) is 8.23. The highest BCUT2D eigenvalue weighted by Crippen LogP contribution is 2.14. The molecule has 1 aromatic rings. The predicted octanol–water partition coefficient (Wildman–Crippen LogP) is 5.10. The number of hydrogen-bond acceptors (Lipinski definition) is 2. The van der Waals surface area contributed by atoms with Crippen molar-refractivity contribution in [2.45, 2.75) is 40.5 Å². The number of benzene rings is 1. The van der Waals surface area contributed by atoms with Gasteiger partial charge in [-0.2, -0.15) is 0 Å². The maximum absolute atomic E-state index is 5.83. The first kappa shape index (κ1) is 18.8. The van der Waals surface area contributed by atoms with Crippen LogP contribution in [0.5, 0.6) is 5.75 Å². The lowest BCUT2D eigenvalue weighted by molar-refractivity contribution is 0.208. The molecule has 0 heterocycles. The van der Waals surface area contributed by atoms with E-state index in [0.717, 1.165) is 36.2 Å². The van der Waals surface area contributed by atoms with E-state index in [4.69, 9.17) is 4.74 Å². The van der Waals surface area contributed by atoms with E-state index in [-0.39, 0.29) is 0 Å². The summed E-state index contributed by atoms with van der Waals surface area (Å²) in [5.74, 6) is 2.41. The third-order valence-corrected chi connectivity index (χ3v) is 3.48. The summed E-state index contributed by atoms with van der Waals surface area (Å²) >= 11 is 0. The van der Waals surface area contributed by atoms with Gasteiger partial charge in [-0.3, -0.25) is 0 Å². The standard InChI is InChI=1S/C20H33NO/c1-6-19-10-9-11-20(14-19)22-13-8-7-12-21(15-17(2)3)16-18(4)5/h6,9-11,14,17-18H,1,7-8,12-13,15-16H2,2-5H3.